The van der Waals surface area contributed by atoms with Gasteiger partial charge in [0.05, 0.1) is 17.6 Å². The molecule has 1 heterocycles. The Kier molecular flexibility index (Phi) is 4.10. The Labute approximate surface area is 115 Å². The van der Waals surface area contributed by atoms with Gasteiger partial charge in [0.2, 0.25) is 0 Å². The molecule has 0 amide bonds. The highest BCUT2D eigenvalue weighted by atomic mass is 19.1. The van der Waals surface area contributed by atoms with E-state index >= 15 is 0 Å². The third kappa shape index (κ3) is 3.00. The molecule has 2 rings (SSSR count). The Bertz CT molecular complexity index is 651. The molecule has 0 radical (unpaired) electrons. The fraction of sp³-hybridized carbons (Fsp3) is 0.0667. The second-order valence-electron chi connectivity index (χ2n) is 4.03. The summed E-state index contributed by atoms with van der Waals surface area (Å²) in [4.78, 5) is 14.6. The smallest absolute Gasteiger partial charge is 0.166 e. The van der Waals surface area contributed by atoms with Crippen LogP contribution in [0.15, 0.2) is 42.6 Å². The van der Waals surface area contributed by atoms with Crippen LogP contribution < -0.4 is 10.5 Å². The summed E-state index contributed by atoms with van der Waals surface area (Å²) in [6, 6.07) is 7.31. The lowest BCUT2D eigenvalue weighted by Crippen LogP contribution is -1.98. The summed E-state index contributed by atoms with van der Waals surface area (Å²) < 4.78 is 19.0. The molecule has 2 aromatic rings. The standard InChI is InChI=1S/C15H13FN2O2/c1-2-13(17)14-5-4-11(8-18-14)20-15-6-3-10(9-19)7-12(15)16/h2-9H,17H2,1H3. The van der Waals surface area contributed by atoms with Crippen LogP contribution in [0.1, 0.15) is 23.0 Å². The average molecular weight is 272 g/mol. The van der Waals surface area contributed by atoms with E-state index in [1.807, 2.05) is 6.92 Å². The molecule has 0 bridgehead atoms. The highest BCUT2D eigenvalue weighted by molar-refractivity contribution is 5.75. The van der Waals surface area contributed by atoms with Crippen molar-refractivity contribution in [3.63, 3.8) is 0 Å². The number of aromatic nitrogens is 1. The number of ether oxygens (including phenoxy) is 1. The van der Waals surface area contributed by atoms with Crippen molar-refractivity contribution in [2.75, 3.05) is 0 Å². The minimum Gasteiger partial charge on any atom is -0.453 e. The van der Waals surface area contributed by atoms with E-state index in [0.717, 1.165) is 6.07 Å². The number of hydrogen-bond donors (Lipinski definition) is 1. The minimum absolute atomic E-state index is 0.0316. The van der Waals surface area contributed by atoms with Gasteiger partial charge in [0.25, 0.3) is 0 Å². The van der Waals surface area contributed by atoms with E-state index < -0.39 is 5.82 Å². The van der Waals surface area contributed by atoms with Crippen LogP contribution >= 0.6 is 0 Å². The van der Waals surface area contributed by atoms with Crippen LogP contribution in [0.3, 0.4) is 0 Å². The van der Waals surface area contributed by atoms with Crippen LogP contribution in [0.4, 0.5) is 4.39 Å². The Morgan fingerprint density at radius 3 is 2.70 bits per heavy atom. The first-order chi connectivity index (χ1) is 9.63. The van der Waals surface area contributed by atoms with Gasteiger partial charge in [-0.15, -0.1) is 0 Å². The van der Waals surface area contributed by atoms with E-state index in [2.05, 4.69) is 4.98 Å². The number of hydrogen-bond acceptors (Lipinski definition) is 4. The monoisotopic (exact) mass is 272 g/mol. The van der Waals surface area contributed by atoms with Crippen LogP contribution in [0, 0.1) is 5.82 Å². The quantitative estimate of drug-likeness (QED) is 0.868. The lowest BCUT2D eigenvalue weighted by Gasteiger charge is -2.07. The fourth-order valence-electron chi connectivity index (χ4n) is 1.56. The third-order valence-electron chi connectivity index (χ3n) is 2.66. The molecule has 1 aromatic heterocycles. The van der Waals surface area contributed by atoms with Crippen LogP contribution in [0.2, 0.25) is 0 Å². The molecular formula is C15H13FN2O2. The summed E-state index contributed by atoms with van der Waals surface area (Å²) in [7, 11) is 0. The number of pyridine rings is 1. The van der Waals surface area contributed by atoms with Crippen molar-refractivity contribution in [2.24, 2.45) is 5.73 Å². The van der Waals surface area contributed by atoms with Crippen molar-refractivity contribution in [3.8, 4) is 11.5 Å². The normalized spacial score (nSPS) is 11.2. The highest BCUT2D eigenvalue weighted by Crippen LogP contribution is 2.24. The molecule has 0 aliphatic heterocycles. The molecular weight excluding hydrogens is 259 g/mol. The van der Waals surface area contributed by atoms with Gasteiger partial charge in [-0.05, 0) is 37.3 Å². The number of halogens is 1. The van der Waals surface area contributed by atoms with Gasteiger partial charge in [0, 0.05) is 5.56 Å². The second kappa shape index (κ2) is 5.97. The average Bonchev–Trinajstić information content (AvgIpc) is 2.49. The van der Waals surface area contributed by atoms with Crippen LogP contribution in [0.5, 0.6) is 11.5 Å². The number of allylic oxidation sites excluding steroid dienone is 1. The van der Waals surface area contributed by atoms with Crippen molar-refractivity contribution in [2.45, 2.75) is 6.92 Å². The van der Waals surface area contributed by atoms with Gasteiger partial charge in [0.1, 0.15) is 12.0 Å². The molecule has 0 saturated heterocycles. The van der Waals surface area contributed by atoms with E-state index in [1.165, 1.54) is 18.3 Å². The molecule has 0 fully saturated rings. The molecule has 0 saturated carbocycles. The van der Waals surface area contributed by atoms with E-state index in [0.29, 0.717) is 23.4 Å². The molecule has 5 heteroatoms. The zero-order valence-corrected chi connectivity index (χ0v) is 10.8. The molecule has 4 nitrogen and oxygen atoms in total. The van der Waals surface area contributed by atoms with Gasteiger partial charge in [-0.2, -0.15) is 0 Å². The van der Waals surface area contributed by atoms with Gasteiger partial charge < -0.3 is 10.5 Å². The topological polar surface area (TPSA) is 65.2 Å². The zero-order chi connectivity index (χ0) is 14.5. The summed E-state index contributed by atoms with van der Waals surface area (Å²) in [5, 5.41) is 0. The van der Waals surface area contributed by atoms with Crippen molar-refractivity contribution in [1.29, 1.82) is 0 Å². The van der Waals surface area contributed by atoms with Crippen molar-refractivity contribution < 1.29 is 13.9 Å². The molecule has 0 unspecified atom stereocenters. The zero-order valence-electron chi connectivity index (χ0n) is 10.8. The molecule has 102 valence electrons. The number of carbonyl (C=O) groups excluding carboxylic acids is 1. The second-order valence-corrected chi connectivity index (χ2v) is 4.03. The minimum atomic E-state index is -0.605. The van der Waals surface area contributed by atoms with Gasteiger partial charge in [0.15, 0.2) is 11.6 Å². The molecule has 0 atom stereocenters. The number of nitrogens with zero attached hydrogens (tertiary/aromatic N) is 1. The Balaban J connectivity index is 2.20. The number of nitrogens with two attached hydrogens (primary N) is 1. The maximum absolute atomic E-state index is 13.7. The largest absolute Gasteiger partial charge is 0.453 e. The summed E-state index contributed by atoms with van der Waals surface area (Å²) in [5.74, 6) is -0.189. The van der Waals surface area contributed by atoms with Crippen LogP contribution in [-0.4, -0.2) is 11.3 Å². The summed E-state index contributed by atoms with van der Waals surface area (Å²) in [6.45, 7) is 1.81. The fourth-order valence-corrected chi connectivity index (χ4v) is 1.56. The predicted octanol–water partition coefficient (Wildman–Crippen LogP) is 3.15. The van der Waals surface area contributed by atoms with E-state index in [-0.39, 0.29) is 11.3 Å². The summed E-state index contributed by atoms with van der Waals surface area (Å²) in [6.07, 6.45) is 3.77. The maximum atomic E-state index is 13.7. The number of aldehydes is 1. The lowest BCUT2D eigenvalue weighted by atomic mass is 10.2. The summed E-state index contributed by atoms with van der Waals surface area (Å²) >= 11 is 0. The lowest BCUT2D eigenvalue weighted by molar-refractivity contribution is 0.112. The highest BCUT2D eigenvalue weighted by Gasteiger charge is 2.06. The van der Waals surface area contributed by atoms with Gasteiger partial charge in [-0.3, -0.25) is 9.78 Å². The van der Waals surface area contributed by atoms with E-state index in [9.17, 15) is 9.18 Å². The third-order valence-corrected chi connectivity index (χ3v) is 2.66. The molecule has 1 aromatic carbocycles. The first-order valence-electron chi connectivity index (χ1n) is 5.95. The van der Waals surface area contributed by atoms with Crippen LogP contribution in [-0.2, 0) is 0 Å². The molecule has 0 spiro atoms. The molecule has 0 aliphatic rings. The van der Waals surface area contributed by atoms with Gasteiger partial charge in [-0.1, -0.05) is 6.08 Å². The Hall–Kier alpha value is -2.69. The van der Waals surface area contributed by atoms with Crippen LogP contribution in [0.25, 0.3) is 5.70 Å². The first kappa shape index (κ1) is 13.7. The van der Waals surface area contributed by atoms with Crippen molar-refractivity contribution in [1.82, 2.24) is 4.98 Å². The van der Waals surface area contributed by atoms with E-state index in [4.69, 9.17) is 10.5 Å². The van der Waals surface area contributed by atoms with Crippen molar-refractivity contribution >= 4 is 12.0 Å². The predicted molar refractivity (Wildman–Crippen MR) is 73.9 cm³/mol. The number of rotatable bonds is 4. The Morgan fingerprint density at radius 2 is 2.15 bits per heavy atom. The summed E-state index contributed by atoms with van der Waals surface area (Å²) in [5.41, 5.74) is 7.15. The maximum Gasteiger partial charge on any atom is 0.166 e. The van der Waals surface area contributed by atoms with Crippen molar-refractivity contribution in [3.05, 3.63) is 59.7 Å². The number of benzene rings is 1. The SMILES string of the molecule is CC=C(N)c1ccc(Oc2ccc(C=O)cc2F)cn1. The molecule has 2 N–H and O–H groups in total. The molecule has 20 heavy (non-hydrogen) atoms. The van der Waals surface area contributed by atoms with Gasteiger partial charge >= 0.3 is 0 Å². The van der Waals surface area contributed by atoms with Gasteiger partial charge in [-0.25, -0.2) is 4.39 Å². The number of carbonyl (C=O) groups is 1. The Morgan fingerprint density at radius 1 is 1.35 bits per heavy atom. The first-order valence-corrected chi connectivity index (χ1v) is 5.95. The molecule has 0 aliphatic carbocycles. The van der Waals surface area contributed by atoms with E-state index in [1.54, 1.807) is 18.2 Å².